The molecule has 0 spiro atoms. The Hall–Kier alpha value is -7.85. The number of benzene rings is 8. The predicted molar refractivity (Wildman–Crippen MR) is 366 cm³/mol. The summed E-state index contributed by atoms with van der Waals surface area (Å²) in [6.07, 6.45) is 1.16. The second-order valence-electron chi connectivity index (χ2n) is 23.2. The van der Waals surface area contributed by atoms with Crippen LogP contribution in [0.4, 0.5) is 13.2 Å². The topological polar surface area (TPSA) is 147 Å². The molecule has 470 valence electrons. The molecule has 0 saturated heterocycles. The fraction of sp³-hybridized carbons (Fsp3) is 0.171. The number of carboxylic acids is 1. The Labute approximate surface area is 583 Å². The summed E-state index contributed by atoms with van der Waals surface area (Å²) in [4.78, 5) is 26.3. The van der Waals surface area contributed by atoms with Gasteiger partial charge in [0.2, 0.25) is 0 Å². The van der Waals surface area contributed by atoms with E-state index in [1.165, 1.54) is 56.1 Å². The molecular weight excluding hydrogens is 1390 g/mol. The Balaban J connectivity index is 0.000000192. The van der Waals surface area contributed by atoms with Crippen LogP contribution >= 0.6 is 15.8 Å². The molecular formula is C76H73F3N8NaO2P2Pt+. The van der Waals surface area contributed by atoms with Crippen molar-refractivity contribution in [1.82, 2.24) is 40.3 Å². The van der Waals surface area contributed by atoms with Gasteiger partial charge >= 0.3 is 56.8 Å². The van der Waals surface area contributed by atoms with Crippen LogP contribution in [0.25, 0.3) is 45.8 Å². The number of H-pyrrole nitrogens is 1. The van der Waals surface area contributed by atoms with Crippen molar-refractivity contribution in [2.24, 2.45) is 0 Å². The number of aromatic nitrogens is 8. The molecule has 0 aliphatic rings. The van der Waals surface area contributed by atoms with E-state index in [1.807, 2.05) is 54.7 Å². The molecule has 17 heteroatoms. The van der Waals surface area contributed by atoms with Gasteiger partial charge in [-0.3, -0.25) is 20.2 Å². The molecule has 12 aromatic rings. The molecule has 4 aromatic heterocycles. The number of carbonyl (C=O) groups is 1. The van der Waals surface area contributed by atoms with E-state index < -0.39 is 25.6 Å². The van der Waals surface area contributed by atoms with Gasteiger partial charge in [0.05, 0.1) is 41.8 Å². The van der Waals surface area contributed by atoms with Gasteiger partial charge < -0.3 is 20.0 Å². The average molecular weight is 1470 g/mol. The van der Waals surface area contributed by atoms with E-state index in [2.05, 4.69) is 271 Å². The molecule has 0 radical (unpaired) electrons. The molecule has 0 amide bonds. The summed E-state index contributed by atoms with van der Waals surface area (Å²) in [6, 6.07) is 87.0. The van der Waals surface area contributed by atoms with Crippen LogP contribution in [0.2, 0.25) is 0 Å². The van der Waals surface area contributed by atoms with Crippen molar-refractivity contribution in [3.05, 3.63) is 301 Å². The van der Waals surface area contributed by atoms with Crippen molar-refractivity contribution in [2.45, 2.75) is 84.7 Å². The average Bonchev–Trinajstić information content (AvgIpc) is 1.80. The summed E-state index contributed by atoms with van der Waals surface area (Å²) in [5, 5.41) is 29.8. The summed E-state index contributed by atoms with van der Waals surface area (Å²) >= 11 is 0. The summed E-state index contributed by atoms with van der Waals surface area (Å²) in [5.41, 5.74) is 7.56. The van der Waals surface area contributed by atoms with Crippen molar-refractivity contribution in [2.75, 3.05) is 0 Å². The summed E-state index contributed by atoms with van der Waals surface area (Å²) in [5.74, 6) is 0.462. The normalized spacial score (nSPS) is 10.9. The number of aliphatic carboxylic acids is 1. The van der Waals surface area contributed by atoms with Crippen molar-refractivity contribution >= 4 is 43.0 Å². The van der Waals surface area contributed by atoms with Crippen molar-refractivity contribution in [3.8, 4) is 45.8 Å². The summed E-state index contributed by atoms with van der Waals surface area (Å²) in [7, 11) is -1.11. The number of rotatable bonds is 12. The number of aromatic amines is 1. The third-order valence-electron chi connectivity index (χ3n) is 14.2. The standard InChI is InChI=1S/C19H17P.C19H16P.C18H16F3N4.C18H20N4.C2H4O2.Na.Pt/c2*1-4-10-17(11-5-1)16-20(18-12-6-2-7-13-18)19-14-8-3-9-15-19;1-17(2,3)11-8-9-22-14(10-11)16-23-15(24-25-16)12-6-4-5-7-13(12)18(19,20)21;1-12-7-5-6-8-14(12)16-20-17(22-21-16)15-11-13(9-10-19-15)18(2,3)4;1-2(3)4;;/h1-15H,16H2;1-10,12-15H,16H2;4-10H,1-3H3;5-11H,1-4H3,(H,20,21,22);1H3,(H,3,4);;/q;2*-1;;;+1;+2. The van der Waals surface area contributed by atoms with Crippen LogP contribution in [0, 0.1) is 13.0 Å². The molecule has 93 heavy (non-hydrogen) atoms. The number of hydrogen-bond acceptors (Lipinski definition) is 8. The van der Waals surface area contributed by atoms with Crippen LogP contribution in [0.1, 0.15) is 81.8 Å². The zero-order valence-electron chi connectivity index (χ0n) is 53.6. The van der Waals surface area contributed by atoms with Crippen molar-refractivity contribution < 1.29 is 73.7 Å². The first-order valence-electron chi connectivity index (χ1n) is 29.7. The minimum Gasteiger partial charge on any atom is -0.550 e. The van der Waals surface area contributed by atoms with Crippen LogP contribution in [0.3, 0.4) is 0 Å². The maximum absolute atomic E-state index is 13.2. The fourth-order valence-electron chi connectivity index (χ4n) is 9.45. The van der Waals surface area contributed by atoms with Gasteiger partial charge in [0.1, 0.15) is 5.69 Å². The third kappa shape index (κ3) is 22.7. The summed E-state index contributed by atoms with van der Waals surface area (Å²) in [6.45, 7) is 15.8. The number of nitrogens with one attached hydrogen (secondary N) is 1. The Morgan fingerprint density at radius 1 is 0.581 bits per heavy atom. The van der Waals surface area contributed by atoms with E-state index in [9.17, 15) is 13.2 Å². The van der Waals surface area contributed by atoms with Gasteiger partial charge in [0, 0.05) is 35.7 Å². The second-order valence-corrected chi connectivity index (χ2v) is 27.9. The molecule has 0 unspecified atom stereocenters. The smallest absolute Gasteiger partial charge is 0.550 e. The predicted octanol–water partition coefficient (Wildman–Crippen LogP) is 12.5. The number of pyridine rings is 2. The molecule has 0 fully saturated rings. The first-order chi connectivity index (χ1) is 43.7. The number of carboxylic acid groups (broad SMARTS) is 1. The molecule has 0 aliphatic heterocycles. The van der Waals surface area contributed by atoms with Crippen molar-refractivity contribution in [3.63, 3.8) is 0 Å². The quantitative estimate of drug-likeness (QED) is 0.0717. The molecule has 4 heterocycles. The summed E-state index contributed by atoms with van der Waals surface area (Å²) < 4.78 is 39.5. The molecule has 8 aromatic carbocycles. The van der Waals surface area contributed by atoms with Gasteiger partial charge in [-0.25, -0.2) is 4.98 Å². The van der Waals surface area contributed by atoms with Gasteiger partial charge in [-0.15, -0.1) is 5.56 Å². The number of aryl methyl sites for hydroxylation is 1. The molecule has 10 nitrogen and oxygen atoms in total. The Bertz CT molecular complexity index is 3960. The van der Waals surface area contributed by atoms with Crippen LogP contribution < -0.4 is 61.0 Å². The van der Waals surface area contributed by atoms with Crippen LogP contribution in [-0.2, 0) is 55.2 Å². The van der Waals surface area contributed by atoms with Gasteiger partial charge in [0.15, 0.2) is 11.6 Å². The van der Waals surface area contributed by atoms with E-state index in [0.29, 0.717) is 17.3 Å². The number of nitrogens with zero attached hydrogens (tertiary/aromatic N) is 7. The van der Waals surface area contributed by atoms with Crippen LogP contribution in [0.15, 0.2) is 261 Å². The third-order valence-corrected chi connectivity index (χ3v) is 19.5. The number of halogens is 3. The molecule has 1 N–H and O–H groups in total. The van der Waals surface area contributed by atoms with E-state index in [-0.39, 0.29) is 86.6 Å². The fourth-order valence-corrected chi connectivity index (χ4v) is 14.3. The zero-order chi connectivity index (χ0) is 64.8. The minimum absolute atomic E-state index is 0. The van der Waals surface area contributed by atoms with Crippen LogP contribution in [0.5, 0.6) is 0 Å². The monoisotopic (exact) mass is 1470 g/mol. The number of alkyl halides is 3. The Kier molecular flexibility index (Phi) is 28.7. The van der Waals surface area contributed by atoms with E-state index >= 15 is 0 Å². The van der Waals surface area contributed by atoms with Crippen LogP contribution in [-0.4, -0.2) is 41.2 Å². The number of hydrogen-bond donors (Lipinski definition) is 1. The molecule has 0 saturated carbocycles. The van der Waals surface area contributed by atoms with E-state index in [0.717, 1.165) is 47.7 Å². The number of carbonyl (C=O) groups excluding carboxylic acids is 1. The molecule has 0 aliphatic carbocycles. The van der Waals surface area contributed by atoms with E-state index in [4.69, 9.17) is 9.90 Å². The SMILES string of the molecule is CC(=O)[O-].CC(C)(C)c1ccnc(-c2nc(-c3ccccc3C(F)(F)F)n[n-]2)c1.Cc1ccccc1-c1n[nH]c(-c2cc(C(C)(C)C)ccn2)n1.[Na+].[Pt+2].[c-]1ccccc1C[PH+](c1ccccc1)c1ccccc1.c1ccc(CP(c2ccccc2)c2ccccc2)cc1. The van der Waals surface area contributed by atoms with Gasteiger partial charge in [-0.2, -0.15) is 48.6 Å². The molecule has 0 atom stereocenters. The minimum atomic E-state index is -4.48. The van der Waals surface area contributed by atoms with E-state index in [1.54, 1.807) is 6.20 Å². The van der Waals surface area contributed by atoms with Gasteiger partial charge in [-0.1, -0.05) is 211 Å². The molecule has 0 bridgehead atoms. The maximum atomic E-state index is 13.2. The first kappa shape index (κ1) is 74.2. The zero-order valence-corrected chi connectivity index (χ0v) is 59.8. The van der Waals surface area contributed by atoms with Crippen molar-refractivity contribution in [1.29, 1.82) is 0 Å². The second kappa shape index (κ2) is 36.0. The molecule has 12 rings (SSSR count). The Morgan fingerprint density at radius 2 is 1.04 bits per heavy atom. The Morgan fingerprint density at radius 3 is 1.55 bits per heavy atom. The van der Waals surface area contributed by atoms with Gasteiger partial charge in [-0.05, 0) is 126 Å². The van der Waals surface area contributed by atoms with Gasteiger partial charge in [0.25, 0.3) is 0 Å². The largest absolute Gasteiger partial charge is 2.00 e. The maximum Gasteiger partial charge on any atom is 2.00 e. The first-order valence-corrected chi connectivity index (χ1v) is 32.9.